The van der Waals surface area contributed by atoms with Crippen LogP contribution in [0.25, 0.3) is 5.82 Å². The summed E-state index contributed by atoms with van der Waals surface area (Å²) in [6.07, 6.45) is 5.27. The molecule has 2 aromatic heterocycles. The number of hydrogen-bond donors (Lipinski definition) is 2. The number of thiocarbonyl (C=S) groups is 1. The highest BCUT2D eigenvalue weighted by Gasteiger charge is 2.07. The molecule has 0 spiro atoms. The summed E-state index contributed by atoms with van der Waals surface area (Å²) in [5, 5.41) is 6.61. The summed E-state index contributed by atoms with van der Waals surface area (Å²) in [7, 11) is 0. The fourth-order valence-corrected chi connectivity index (χ4v) is 2.37. The van der Waals surface area contributed by atoms with Gasteiger partial charge in [0.1, 0.15) is 24.3 Å². The summed E-state index contributed by atoms with van der Waals surface area (Å²) < 4.78 is 1.89. The van der Waals surface area contributed by atoms with Crippen molar-refractivity contribution in [3.8, 4) is 5.82 Å². The van der Waals surface area contributed by atoms with Crippen molar-refractivity contribution in [2.24, 2.45) is 0 Å². The minimum Gasteiger partial charge on any atom is -0.363 e. The van der Waals surface area contributed by atoms with Crippen molar-refractivity contribution in [3.63, 3.8) is 0 Å². The molecule has 0 amide bonds. The number of rotatable bonds is 7. The van der Waals surface area contributed by atoms with Crippen molar-refractivity contribution < 1.29 is 0 Å². The number of aromatic nitrogens is 4. The average Bonchev–Trinajstić information content (AvgIpc) is 3.01. The van der Waals surface area contributed by atoms with Crippen molar-refractivity contribution in [1.29, 1.82) is 0 Å². The predicted molar refractivity (Wildman–Crippen MR) is 95.7 cm³/mol. The first kappa shape index (κ1) is 17.3. The lowest BCUT2D eigenvalue weighted by Crippen LogP contribution is -2.28. The zero-order valence-electron chi connectivity index (χ0n) is 13.8. The highest BCUT2D eigenvalue weighted by atomic mass is 32.1. The van der Waals surface area contributed by atoms with E-state index in [4.69, 9.17) is 12.2 Å². The molecule has 0 aliphatic heterocycles. The summed E-state index contributed by atoms with van der Waals surface area (Å²) in [4.78, 5) is 15.2. The first-order valence-corrected chi connectivity index (χ1v) is 8.19. The van der Waals surface area contributed by atoms with Crippen LogP contribution in [0.3, 0.4) is 0 Å². The van der Waals surface area contributed by atoms with E-state index in [9.17, 15) is 0 Å². The Labute approximate surface area is 142 Å². The molecule has 0 saturated carbocycles. The topological polar surface area (TPSA) is 70.9 Å². The number of anilines is 1. The molecule has 0 radical (unpaired) electrons. The number of imidazole rings is 1. The van der Waals surface area contributed by atoms with Crippen LogP contribution in [-0.4, -0.2) is 49.2 Å². The Bertz CT molecular complexity index is 636. The number of nitrogens with one attached hydrogen (secondary N) is 2. The number of nitrogens with zero attached hydrogens (tertiary/aromatic N) is 5. The molecule has 0 aromatic carbocycles. The van der Waals surface area contributed by atoms with E-state index >= 15 is 0 Å². The maximum absolute atomic E-state index is 5.17. The summed E-state index contributed by atoms with van der Waals surface area (Å²) in [6.45, 7) is 9.90. The monoisotopic (exact) mass is 333 g/mol. The maximum Gasteiger partial charge on any atom is 0.171 e. The maximum atomic E-state index is 5.17. The van der Waals surface area contributed by atoms with Crippen LogP contribution in [0, 0.1) is 0 Å². The van der Waals surface area contributed by atoms with E-state index in [-0.39, 0.29) is 0 Å². The van der Waals surface area contributed by atoms with Crippen LogP contribution in [0.1, 0.15) is 26.5 Å². The van der Waals surface area contributed by atoms with E-state index in [0.717, 1.165) is 37.7 Å². The summed E-state index contributed by atoms with van der Waals surface area (Å²) in [6, 6.07) is 1.84. The fourth-order valence-electron chi connectivity index (χ4n) is 2.12. The van der Waals surface area contributed by atoms with E-state index in [2.05, 4.69) is 44.3 Å². The molecule has 0 saturated heterocycles. The summed E-state index contributed by atoms with van der Waals surface area (Å²) >= 11 is 5.17. The zero-order chi connectivity index (χ0) is 16.7. The first-order chi connectivity index (χ1) is 11.2. The minimum absolute atomic E-state index is 0.546. The van der Waals surface area contributed by atoms with Gasteiger partial charge in [-0.15, -0.1) is 0 Å². The first-order valence-electron chi connectivity index (χ1n) is 7.78. The van der Waals surface area contributed by atoms with Gasteiger partial charge in [0, 0.05) is 25.4 Å². The van der Waals surface area contributed by atoms with Gasteiger partial charge in [-0.05, 0) is 32.2 Å². The normalized spacial score (nSPS) is 10.8. The average molecular weight is 333 g/mol. The lowest BCUT2D eigenvalue weighted by Gasteiger charge is -2.15. The van der Waals surface area contributed by atoms with Crippen LogP contribution < -0.4 is 10.6 Å². The highest BCUT2D eigenvalue weighted by molar-refractivity contribution is 7.80. The lowest BCUT2D eigenvalue weighted by molar-refractivity contribution is 0.292. The summed E-state index contributed by atoms with van der Waals surface area (Å²) in [5.41, 5.74) is 1.02. The van der Waals surface area contributed by atoms with E-state index < -0.39 is 0 Å². The molecule has 0 fully saturated rings. The van der Waals surface area contributed by atoms with E-state index in [1.54, 1.807) is 6.33 Å². The fraction of sp³-hybridized carbons (Fsp3) is 0.467. The quantitative estimate of drug-likeness (QED) is 0.749. The van der Waals surface area contributed by atoms with Crippen LogP contribution in [0.2, 0.25) is 0 Å². The van der Waals surface area contributed by atoms with Gasteiger partial charge >= 0.3 is 0 Å². The Morgan fingerprint density at radius 3 is 2.70 bits per heavy atom. The third kappa shape index (κ3) is 4.97. The van der Waals surface area contributed by atoms with Gasteiger partial charge in [-0.2, -0.15) is 0 Å². The molecule has 2 N–H and O–H groups in total. The Morgan fingerprint density at radius 2 is 2.00 bits per heavy atom. The van der Waals surface area contributed by atoms with Gasteiger partial charge in [0.2, 0.25) is 0 Å². The molecule has 7 nitrogen and oxygen atoms in total. The standard InChI is InChI=1S/C15H23N7S/c1-4-16-15(23)20-13-7-14(18-10-17-13)22-9-12(19-11-22)8-21(5-2)6-3/h7,9-11H,4-6,8H2,1-3H3,(H2,16,17,18,20,23). The molecule has 2 aromatic rings. The second-order valence-corrected chi connectivity index (χ2v) is 5.39. The molecule has 2 rings (SSSR count). The van der Waals surface area contributed by atoms with Gasteiger partial charge in [0.15, 0.2) is 5.11 Å². The highest BCUT2D eigenvalue weighted by Crippen LogP contribution is 2.11. The molecular formula is C15H23N7S. The molecule has 8 heteroatoms. The van der Waals surface area contributed by atoms with E-state index in [1.165, 1.54) is 6.33 Å². The van der Waals surface area contributed by atoms with Crippen molar-refractivity contribution in [1.82, 2.24) is 29.7 Å². The van der Waals surface area contributed by atoms with E-state index in [1.807, 2.05) is 23.8 Å². The SMILES string of the molecule is CCNC(=S)Nc1cc(-n2cnc(CN(CC)CC)c2)ncn1. The van der Waals surface area contributed by atoms with Gasteiger partial charge in [-0.25, -0.2) is 15.0 Å². The van der Waals surface area contributed by atoms with Crippen molar-refractivity contribution in [2.45, 2.75) is 27.3 Å². The summed E-state index contributed by atoms with van der Waals surface area (Å²) in [5.74, 6) is 1.40. The second-order valence-electron chi connectivity index (χ2n) is 4.98. The lowest BCUT2D eigenvalue weighted by atomic mass is 10.4. The van der Waals surface area contributed by atoms with Crippen LogP contribution in [0.4, 0.5) is 5.82 Å². The molecule has 0 unspecified atom stereocenters. The van der Waals surface area contributed by atoms with Crippen molar-refractivity contribution >= 4 is 23.1 Å². The van der Waals surface area contributed by atoms with Gasteiger partial charge in [-0.1, -0.05) is 13.8 Å². The second kappa shape index (κ2) is 8.54. The largest absolute Gasteiger partial charge is 0.363 e. The zero-order valence-corrected chi connectivity index (χ0v) is 14.6. The molecule has 2 heterocycles. The molecular weight excluding hydrogens is 310 g/mol. The Morgan fingerprint density at radius 1 is 1.22 bits per heavy atom. The van der Waals surface area contributed by atoms with Gasteiger partial charge in [-0.3, -0.25) is 9.47 Å². The van der Waals surface area contributed by atoms with Crippen LogP contribution in [-0.2, 0) is 6.54 Å². The van der Waals surface area contributed by atoms with Gasteiger partial charge < -0.3 is 10.6 Å². The van der Waals surface area contributed by atoms with E-state index in [0.29, 0.717) is 10.9 Å². The van der Waals surface area contributed by atoms with Gasteiger partial charge in [0.25, 0.3) is 0 Å². The molecule has 0 atom stereocenters. The Kier molecular flexibility index (Phi) is 6.42. The Hall–Kier alpha value is -2.06. The molecule has 23 heavy (non-hydrogen) atoms. The predicted octanol–water partition coefficient (Wildman–Crippen LogP) is 1.81. The van der Waals surface area contributed by atoms with Gasteiger partial charge in [0.05, 0.1) is 5.69 Å². The molecule has 0 aliphatic rings. The third-order valence-corrected chi connectivity index (χ3v) is 3.66. The van der Waals surface area contributed by atoms with Crippen LogP contribution in [0.15, 0.2) is 24.9 Å². The molecule has 0 aliphatic carbocycles. The smallest absolute Gasteiger partial charge is 0.171 e. The van der Waals surface area contributed by atoms with Crippen LogP contribution >= 0.6 is 12.2 Å². The number of hydrogen-bond acceptors (Lipinski definition) is 5. The minimum atomic E-state index is 0.546. The molecule has 0 bridgehead atoms. The molecule has 124 valence electrons. The third-order valence-electron chi connectivity index (χ3n) is 3.41. The van der Waals surface area contributed by atoms with Crippen molar-refractivity contribution in [3.05, 3.63) is 30.6 Å². The Balaban J connectivity index is 2.10. The van der Waals surface area contributed by atoms with Crippen LogP contribution in [0.5, 0.6) is 0 Å². The van der Waals surface area contributed by atoms with Crippen molar-refractivity contribution in [2.75, 3.05) is 25.0 Å².